The van der Waals surface area contributed by atoms with Crippen LogP contribution in [0, 0.1) is 6.92 Å². The van der Waals surface area contributed by atoms with Gasteiger partial charge < -0.3 is 14.8 Å². The van der Waals surface area contributed by atoms with Crippen molar-refractivity contribution in [1.82, 2.24) is 0 Å². The quantitative estimate of drug-likeness (QED) is 0.743. The summed E-state index contributed by atoms with van der Waals surface area (Å²) in [5.41, 5.74) is 1.99. The second kappa shape index (κ2) is 7.90. The van der Waals surface area contributed by atoms with Gasteiger partial charge in [0.15, 0.2) is 0 Å². The van der Waals surface area contributed by atoms with Gasteiger partial charge in [-0.1, -0.05) is 17.7 Å². The van der Waals surface area contributed by atoms with Gasteiger partial charge in [-0.05, 0) is 32.9 Å². The minimum absolute atomic E-state index is 0.184. The summed E-state index contributed by atoms with van der Waals surface area (Å²) < 4.78 is 10.4. The number of hydrogen-bond donors (Lipinski definition) is 1. The second-order valence-corrected chi connectivity index (χ2v) is 5.48. The van der Waals surface area contributed by atoms with E-state index < -0.39 is 0 Å². The van der Waals surface area contributed by atoms with Crippen molar-refractivity contribution in [2.24, 2.45) is 0 Å². The molecule has 112 valence electrons. The molecule has 1 N–H and O–H groups in total. The molecule has 0 aromatic heterocycles. The molecule has 0 bridgehead atoms. The molecular weight excluding hydrogens is 254 g/mol. The lowest BCUT2D eigenvalue weighted by molar-refractivity contribution is -0.144. The zero-order valence-electron chi connectivity index (χ0n) is 12.9. The average Bonchev–Trinajstić information content (AvgIpc) is 2.41. The summed E-state index contributed by atoms with van der Waals surface area (Å²) in [5.74, 6) is -0.184. The van der Waals surface area contributed by atoms with Crippen molar-refractivity contribution in [3.63, 3.8) is 0 Å². The van der Waals surface area contributed by atoms with Gasteiger partial charge in [0.05, 0.1) is 18.6 Å². The van der Waals surface area contributed by atoms with Crippen LogP contribution in [0.4, 0.5) is 5.69 Å². The lowest BCUT2D eigenvalue weighted by Crippen LogP contribution is -2.25. The number of carbonyl (C=O) groups is 1. The van der Waals surface area contributed by atoms with Crippen molar-refractivity contribution in [2.75, 3.05) is 25.6 Å². The van der Waals surface area contributed by atoms with Crippen molar-refractivity contribution in [3.05, 3.63) is 29.8 Å². The third kappa shape index (κ3) is 6.57. The molecule has 0 unspecified atom stereocenters. The minimum Gasteiger partial charge on any atom is -0.466 e. The number of nitrogens with one attached hydrogen (secondary N) is 1. The molecule has 0 atom stereocenters. The number of methoxy groups -OCH3 is 1. The van der Waals surface area contributed by atoms with Gasteiger partial charge in [0.2, 0.25) is 0 Å². The van der Waals surface area contributed by atoms with Crippen molar-refractivity contribution < 1.29 is 14.3 Å². The van der Waals surface area contributed by atoms with E-state index in [9.17, 15) is 4.79 Å². The SMILES string of the molecule is COC(C)(C)CCOC(=O)CCNc1ccc(C)cc1. The largest absolute Gasteiger partial charge is 0.466 e. The number of hydrogen-bond acceptors (Lipinski definition) is 4. The maximum absolute atomic E-state index is 11.6. The van der Waals surface area contributed by atoms with Crippen LogP contribution in [0.2, 0.25) is 0 Å². The average molecular weight is 279 g/mol. The Labute approximate surface area is 121 Å². The van der Waals surface area contributed by atoms with Crippen LogP contribution in [0.15, 0.2) is 24.3 Å². The van der Waals surface area contributed by atoms with E-state index in [0.29, 0.717) is 26.0 Å². The van der Waals surface area contributed by atoms with Crippen LogP contribution in [0.3, 0.4) is 0 Å². The number of carbonyl (C=O) groups excluding carboxylic acids is 1. The molecule has 20 heavy (non-hydrogen) atoms. The summed E-state index contributed by atoms with van der Waals surface area (Å²) >= 11 is 0. The van der Waals surface area contributed by atoms with Crippen LogP contribution in [-0.4, -0.2) is 31.8 Å². The predicted octanol–water partition coefficient (Wildman–Crippen LogP) is 3.16. The molecule has 4 heteroatoms. The molecule has 0 aliphatic carbocycles. The van der Waals surface area contributed by atoms with Crippen LogP contribution in [0.1, 0.15) is 32.3 Å². The number of rotatable bonds is 8. The molecule has 1 aromatic carbocycles. The van der Waals surface area contributed by atoms with Gasteiger partial charge in [0.1, 0.15) is 0 Å². The zero-order valence-corrected chi connectivity index (χ0v) is 12.9. The second-order valence-electron chi connectivity index (χ2n) is 5.48. The Hall–Kier alpha value is -1.55. The number of anilines is 1. The maximum atomic E-state index is 11.6. The molecule has 0 amide bonds. The van der Waals surface area contributed by atoms with E-state index in [-0.39, 0.29) is 11.6 Å². The summed E-state index contributed by atoms with van der Waals surface area (Å²) in [5, 5.41) is 3.20. The van der Waals surface area contributed by atoms with Gasteiger partial charge in [-0.15, -0.1) is 0 Å². The van der Waals surface area contributed by atoms with Crippen LogP contribution in [0.25, 0.3) is 0 Å². The van der Waals surface area contributed by atoms with E-state index in [0.717, 1.165) is 5.69 Å². The monoisotopic (exact) mass is 279 g/mol. The molecule has 0 aliphatic rings. The van der Waals surface area contributed by atoms with E-state index in [1.807, 2.05) is 45.0 Å². The normalized spacial score (nSPS) is 11.2. The number of esters is 1. The van der Waals surface area contributed by atoms with Crippen LogP contribution < -0.4 is 5.32 Å². The first-order chi connectivity index (χ1) is 9.43. The zero-order chi connectivity index (χ0) is 15.0. The van der Waals surface area contributed by atoms with Crippen LogP contribution in [0.5, 0.6) is 0 Å². The fourth-order valence-electron chi connectivity index (χ4n) is 1.57. The fourth-order valence-corrected chi connectivity index (χ4v) is 1.57. The highest BCUT2D eigenvalue weighted by molar-refractivity contribution is 5.70. The van der Waals surface area contributed by atoms with Gasteiger partial charge in [-0.2, -0.15) is 0 Å². The Morgan fingerprint density at radius 3 is 2.50 bits per heavy atom. The minimum atomic E-state index is -0.250. The van der Waals surface area contributed by atoms with E-state index >= 15 is 0 Å². The lowest BCUT2D eigenvalue weighted by atomic mass is 10.1. The molecule has 0 saturated heterocycles. The van der Waals surface area contributed by atoms with Crippen molar-refractivity contribution in [1.29, 1.82) is 0 Å². The standard InChI is InChI=1S/C16H25NO3/c1-13-5-7-14(8-6-13)17-11-9-15(18)20-12-10-16(2,3)19-4/h5-8,17H,9-12H2,1-4H3. The molecular formula is C16H25NO3. The van der Waals surface area contributed by atoms with Crippen molar-refractivity contribution >= 4 is 11.7 Å². The Kier molecular flexibility index (Phi) is 6.52. The molecule has 0 spiro atoms. The van der Waals surface area contributed by atoms with Crippen molar-refractivity contribution in [3.8, 4) is 0 Å². The fraction of sp³-hybridized carbons (Fsp3) is 0.562. The molecule has 4 nitrogen and oxygen atoms in total. The molecule has 1 rings (SSSR count). The highest BCUT2D eigenvalue weighted by atomic mass is 16.5. The van der Waals surface area contributed by atoms with Gasteiger partial charge in [0.25, 0.3) is 0 Å². The predicted molar refractivity (Wildman–Crippen MR) is 80.9 cm³/mol. The summed E-state index contributed by atoms with van der Waals surface area (Å²) in [6.07, 6.45) is 1.06. The van der Waals surface area contributed by atoms with Crippen molar-refractivity contribution in [2.45, 2.75) is 39.2 Å². The van der Waals surface area contributed by atoms with E-state index in [4.69, 9.17) is 9.47 Å². The maximum Gasteiger partial charge on any atom is 0.307 e. The third-order valence-electron chi connectivity index (χ3n) is 3.23. The molecule has 0 heterocycles. The van der Waals surface area contributed by atoms with Gasteiger partial charge in [-0.3, -0.25) is 4.79 Å². The summed E-state index contributed by atoms with van der Waals surface area (Å²) in [4.78, 5) is 11.6. The first kappa shape index (κ1) is 16.5. The highest BCUT2D eigenvalue weighted by Gasteiger charge is 2.16. The van der Waals surface area contributed by atoms with E-state index in [1.54, 1.807) is 7.11 Å². The molecule has 0 radical (unpaired) electrons. The lowest BCUT2D eigenvalue weighted by Gasteiger charge is -2.22. The topological polar surface area (TPSA) is 47.6 Å². The Balaban J connectivity index is 2.16. The first-order valence-corrected chi connectivity index (χ1v) is 6.94. The third-order valence-corrected chi connectivity index (χ3v) is 3.23. The number of aryl methyl sites for hydroxylation is 1. The highest BCUT2D eigenvalue weighted by Crippen LogP contribution is 2.12. The smallest absolute Gasteiger partial charge is 0.307 e. The number of benzene rings is 1. The van der Waals surface area contributed by atoms with Crippen LogP contribution in [-0.2, 0) is 14.3 Å². The summed E-state index contributed by atoms with van der Waals surface area (Å²) in [7, 11) is 1.66. The summed E-state index contributed by atoms with van der Waals surface area (Å²) in [6, 6.07) is 8.07. The van der Waals surface area contributed by atoms with Crippen LogP contribution >= 0.6 is 0 Å². The Morgan fingerprint density at radius 2 is 1.90 bits per heavy atom. The Bertz CT molecular complexity index is 412. The number of ether oxygens (including phenoxy) is 2. The van der Waals surface area contributed by atoms with Gasteiger partial charge in [0, 0.05) is 25.8 Å². The molecule has 0 aliphatic heterocycles. The van der Waals surface area contributed by atoms with E-state index in [1.165, 1.54) is 5.56 Å². The van der Waals surface area contributed by atoms with Gasteiger partial charge in [-0.25, -0.2) is 0 Å². The molecule has 1 aromatic rings. The molecule has 0 saturated carbocycles. The van der Waals surface area contributed by atoms with Gasteiger partial charge >= 0.3 is 5.97 Å². The van der Waals surface area contributed by atoms with E-state index in [2.05, 4.69) is 5.32 Å². The summed E-state index contributed by atoms with van der Waals surface area (Å²) in [6.45, 7) is 6.96. The molecule has 0 fully saturated rings. The Morgan fingerprint density at radius 1 is 1.25 bits per heavy atom. The first-order valence-electron chi connectivity index (χ1n) is 6.94.